The third-order valence-corrected chi connectivity index (χ3v) is 7.07. The molecule has 2 aromatic heterocycles. The van der Waals surface area contributed by atoms with Gasteiger partial charge in [0, 0.05) is 43.1 Å². The first-order valence-electron chi connectivity index (χ1n) is 12.5. The molecule has 0 aliphatic carbocycles. The Morgan fingerprint density at radius 3 is 2.67 bits per heavy atom. The Morgan fingerprint density at radius 2 is 1.98 bits per heavy atom. The van der Waals surface area contributed by atoms with Gasteiger partial charge in [0.15, 0.2) is 0 Å². The average molecular weight is 557 g/mol. The summed E-state index contributed by atoms with van der Waals surface area (Å²) in [5.41, 5.74) is 6.58. The molecule has 1 aliphatic rings. The number of aromatic amines is 1. The highest BCUT2D eigenvalue weighted by molar-refractivity contribution is 6.02. The lowest BCUT2D eigenvalue weighted by Crippen LogP contribution is -2.31. The standard InChI is InChI=1S/C27H28F4N8O/c1-38(2)18-7-8-39(13-18)12-16-3-5-17(10-20(16)27(29,30)31)36-26(40)37-22-6-4-15(9-21(22)28)19-11-33-25-23(19)24(32)34-14-35-25/h3-6,9-11,14,18H,7-8,12-13H2,1-2H3,(H2,36,37,40)(H3,32,33,34,35). The van der Waals surface area contributed by atoms with Gasteiger partial charge in [0.05, 0.1) is 16.6 Å². The number of amides is 2. The van der Waals surface area contributed by atoms with E-state index in [2.05, 4.69) is 30.5 Å². The molecule has 40 heavy (non-hydrogen) atoms. The van der Waals surface area contributed by atoms with Gasteiger partial charge in [0.1, 0.15) is 23.6 Å². The van der Waals surface area contributed by atoms with Crippen LogP contribution in [0.25, 0.3) is 22.2 Å². The number of likely N-dealkylation sites (N-methyl/N-ethyl adjacent to an activating group) is 1. The van der Waals surface area contributed by atoms with Gasteiger partial charge in [-0.2, -0.15) is 13.2 Å². The maximum atomic E-state index is 14.9. The highest BCUT2D eigenvalue weighted by Gasteiger charge is 2.35. The van der Waals surface area contributed by atoms with E-state index >= 15 is 0 Å². The molecule has 0 radical (unpaired) electrons. The highest BCUT2D eigenvalue weighted by Crippen LogP contribution is 2.35. The van der Waals surface area contributed by atoms with E-state index in [9.17, 15) is 22.4 Å². The van der Waals surface area contributed by atoms with Crippen molar-refractivity contribution in [2.45, 2.75) is 25.2 Å². The van der Waals surface area contributed by atoms with Gasteiger partial charge >= 0.3 is 12.2 Å². The van der Waals surface area contributed by atoms with E-state index in [1.807, 2.05) is 19.0 Å². The molecule has 4 aromatic rings. The SMILES string of the molecule is CN(C)C1CCN(Cc2ccc(NC(=O)Nc3ccc(-c4c[nH]c5ncnc(N)c45)cc3F)cc2C(F)(F)F)C1. The molecule has 3 heterocycles. The Balaban J connectivity index is 1.29. The van der Waals surface area contributed by atoms with Crippen LogP contribution in [0.2, 0.25) is 0 Å². The van der Waals surface area contributed by atoms with Crippen LogP contribution in [-0.4, -0.2) is 64.0 Å². The van der Waals surface area contributed by atoms with Gasteiger partial charge in [-0.1, -0.05) is 12.1 Å². The van der Waals surface area contributed by atoms with Crippen molar-refractivity contribution in [2.24, 2.45) is 0 Å². The van der Waals surface area contributed by atoms with Crippen LogP contribution in [0, 0.1) is 5.82 Å². The lowest BCUT2D eigenvalue weighted by molar-refractivity contribution is -0.138. The largest absolute Gasteiger partial charge is 0.416 e. The maximum Gasteiger partial charge on any atom is 0.416 e. The lowest BCUT2D eigenvalue weighted by Gasteiger charge is -2.22. The van der Waals surface area contributed by atoms with Crippen LogP contribution in [0.5, 0.6) is 0 Å². The molecule has 5 rings (SSSR count). The zero-order valence-corrected chi connectivity index (χ0v) is 21.8. The zero-order chi connectivity index (χ0) is 28.6. The van der Waals surface area contributed by atoms with Gasteiger partial charge in [-0.25, -0.2) is 19.2 Å². The molecule has 1 aliphatic heterocycles. The van der Waals surface area contributed by atoms with Gasteiger partial charge in [-0.15, -0.1) is 0 Å². The topological polar surface area (TPSA) is 115 Å². The van der Waals surface area contributed by atoms with E-state index in [1.165, 1.54) is 30.6 Å². The number of hydrogen-bond donors (Lipinski definition) is 4. The number of H-pyrrole nitrogens is 1. The number of hydrogen-bond acceptors (Lipinski definition) is 6. The number of anilines is 3. The predicted octanol–water partition coefficient (Wildman–Crippen LogP) is 5.14. The Kier molecular flexibility index (Phi) is 7.34. The van der Waals surface area contributed by atoms with Crippen molar-refractivity contribution in [1.29, 1.82) is 0 Å². The minimum atomic E-state index is -4.61. The number of nitrogen functional groups attached to an aromatic ring is 1. The number of urea groups is 1. The molecule has 1 saturated heterocycles. The van der Waals surface area contributed by atoms with Gasteiger partial charge in [-0.05, 0) is 55.9 Å². The van der Waals surface area contributed by atoms with Crippen LogP contribution in [0.3, 0.4) is 0 Å². The molecule has 0 saturated carbocycles. The van der Waals surface area contributed by atoms with Gasteiger partial charge in [0.2, 0.25) is 0 Å². The van der Waals surface area contributed by atoms with E-state index in [0.29, 0.717) is 41.3 Å². The molecule has 9 nitrogen and oxygen atoms in total. The normalized spacial score (nSPS) is 16.1. The van der Waals surface area contributed by atoms with Crippen molar-refractivity contribution in [1.82, 2.24) is 24.8 Å². The van der Waals surface area contributed by atoms with Crippen molar-refractivity contribution >= 4 is 34.3 Å². The summed E-state index contributed by atoms with van der Waals surface area (Å²) < 4.78 is 56.6. The number of fused-ring (bicyclic) bond motifs is 1. The van der Waals surface area contributed by atoms with Crippen LogP contribution in [0.1, 0.15) is 17.5 Å². The molecule has 2 aromatic carbocycles. The fourth-order valence-corrected chi connectivity index (χ4v) is 4.96. The summed E-state index contributed by atoms with van der Waals surface area (Å²) >= 11 is 0. The number of carbonyl (C=O) groups excluding carboxylic acids is 1. The Morgan fingerprint density at radius 1 is 1.18 bits per heavy atom. The number of nitrogens with zero attached hydrogens (tertiary/aromatic N) is 4. The smallest absolute Gasteiger partial charge is 0.383 e. The number of carbonyl (C=O) groups is 1. The highest BCUT2D eigenvalue weighted by atomic mass is 19.4. The van der Waals surface area contributed by atoms with Gasteiger partial charge < -0.3 is 26.3 Å². The van der Waals surface area contributed by atoms with Crippen molar-refractivity contribution in [3.63, 3.8) is 0 Å². The number of likely N-dealkylation sites (tertiary alicyclic amines) is 1. The van der Waals surface area contributed by atoms with E-state index in [4.69, 9.17) is 5.73 Å². The quantitative estimate of drug-likeness (QED) is 0.245. The number of rotatable bonds is 6. The average Bonchev–Trinajstić information content (AvgIpc) is 3.54. The molecule has 13 heteroatoms. The minimum absolute atomic E-state index is 0.0625. The van der Waals surface area contributed by atoms with Crippen LogP contribution in [0.4, 0.5) is 39.5 Å². The summed E-state index contributed by atoms with van der Waals surface area (Å²) in [6.07, 6.45) is -0.793. The first-order valence-corrected chi connectivity index (χ1v) is 12.5. The molecule has 0 bridgehead atoms. The number of benzene rings is 2. The molecule has 1 atom stereocenters. The van der Waals surface area contributed by atoms with Crippen LogP contribution in [-0.2, 0) is 12.7 Å². The number of nitrogens with one attached hydrogen (secondary N) is 3. The summed E-state index contributed by atoms with van der Waals surface area (Å²) in [6.45, 7) is 1.53. The molecule has 1 unspecified atom stereocenters. The van der Waals surface area contributed by atoms with Gasteiger partial charge in [-0.3, -0.25) is 4.90 Å². The Labute approximate surface area is 227 Å². The third-order valence-electron chi connectivity index (χ3n) is 7.07. The third kappa shape index (κ3) is 5.70. The number of aromatic nitrogens is 3. The summed E-state index contributed by atoms with van der Waals surface area (Å²) in [5, 5.41) is 5.26. The van der Waals surface area contributed by atoms with Crippen molar-refractivity contribution in [3.05, 3.63) is 65.9 Å². The van der Waals surface area contributed by atoms with Crippen molar-refractivity contribution < 1.29 is 22.4 Å². The second kappa shape index (κ2) is 10.7. The Bertz CT molecular complexity index is 1550. The molecular formula is C27H28F4N8O. The first-order chi connectivity index (χ1) is 19.0. The second-order valence-corrected chi connectivity index (χ2v) is 9.97. The van der Waals surface area contributed by atoms with Crippen molar-refractivity contribution in [2.75, 3.05) is 43.6 Å². The number of halogens is 4. The maximum absolute atomic E-state index is 14.9. The van der Waals surface area contributed by atoms with Gasteiger partial charge in [0.25, 0.3) is 0 Å². The fraction of sp³-hybridized carbons (Fsp3) is 0.296. The molecular weight excluding hydrogens is 528 g/mol. The lowest BCUT2D eigenvalue weighted by atomic mass is 10.1. The molecule has 210 valence electrons. The second-order valence-electron chi connectivity index (χ2n) is 9.97. The van der Waals surface area contributed by atoms with Crippen molar-refractivity contribution in [3.8, 4) is 11.1 Å². The summed E-state index contributed by atoms with van der Waals surface area (Å²) in [7, 11) is 3.91. The van der Waals surface area contributed by atoms with Crippen LogP contribution >= 0.6 is 0 Å². The first kappa shape index (κ1) is 27.3. The summed E-state index contributed by atoms with van der Waals surface area (Å²) in [6, 6.07) is 7.22. The summed E-state index contributed by atoms with van der Waals surface area (Å²) in [5.74, 6) is -0.518. The summed E-state index contributed by atoms with van der Waals surface area (Å²) in [4.78, 5) is 27.6. The molecule has 1 fully saturated rings. The minimum Gasteiger partial charge on any atom is -0.383 e. The van der Waals surface area contributed by atoms with E-state index < -0.39 is 23.6 Å². The van der Waals surface area contributed by atoms with E-state index in [-0.39, 0.29) is 29.3 Å². The van der Waals surface area contributed by atoms with E-state index in [1.54, 1.807) is 12.3 Å². The van der Waals surface area contributed by atoms with Crippen LogP contribution < -0.4 is 16.4 Å². The number of alkyl halides is 3. The fourth-order valence-electron chi connectivity index (χ4n) is 4.96. The predicted molar refractivity (Wildman–Crippen MR) is 145 cm³/mol. The molecule has 5 N–H and O–H groups in total. The van der Waals surface area contributed by atoms with Crippen LogP contribution in [0.15, 0.2) is 48.9 Å². The zero-order valence-electron chi connectivity index (χ0n) is 21.8. The molecule has 0 spiro atoms. The van der Waals surface area contributed by atoms with E-state index in [0.717, 1.165) is 12.5 Å². The Hall–Kier alpha value is -4.23. The number of nitrogens with two attached hydrogens (primary N) is 1. The monoisotopic (exact) mass is 556 g/mol. The molecule has 2 amide bonds.